The Labute approximate surface area is 159 Å². The summed E-state index contributed by atoms with van der Waals surface area (Å²) >= 11 is 0.0229. The second kappa shape index (κ2) is 6.82. The second-order valence-corrected chi connectivity index (χ2v) is 9.92. The van der Waals surface area contributed by atoms with Crippen molar-refractivity contribution in [1.29, 1.82) is 0 Å². The zero-order chi connectivity index (χ0) is 19.1. The van der Waals surface area contributed by atoms with E-state index in [1.165, 1.54) is 5.06 Å². The quantitative estimate of drug-likeness (QED) is 0.569. The van der Waals surface area contributed by atoms with Gasteiger partial charge in [-0.25, -0.2) is 0 Å². The molecule has 2 aromatic rings. The van der Waals surface area contributed by atoms with Crippen molar-refractivity contribution in [2.45, 2.75) is 51.7 Å². The SMILES string of the molecule is CC1(C)C=C(C(=O)NCCCn2[se]c3ccccc3c2=O)C(C)(C)N1O. The molecule has 140 valence electrons. The van der Waals surface area contributed by atoms with Gasteiger partial charge in [0.2, 0.25) is 0 Å². The van der Waals surface area contributed by atoms with E-state index in [-0.39, 0.29) is 26.2 Å². The van der Waals surface area contributed by atoms with Gasteiger partial charge in [0.05, 0.1) is 0 Å². The van der Waals surface area contributed by atoms with Gasteiger partial charge >= 0.3 is 159 Å². The minimum atomic E-state index is -0.733. The van der Waals surface area contributed by atoms with E-state index in [4.69, 9.17) is 0 Å². The van der Waals surface area contributed by atoms with Crippen molar-refractivity contribution in [3.8, 4) is 0 Å². The number of benzene rings is 1. The molecule has 0 spiro atoms. The summed E-state index contributed by atoms with van der Waals surface area (Å²) in [6, 6.07) is 7.73. The van der Waals surface area contributed by atoms with Gasteiger partial charge in [0.25, 0.3) is 0 Å². The van der Waals surface area contributed by atoms with Gasteiger partial charge in [-0.2, -0.15) is 0 Å². The molecule has 2 N–H and O–H groups in total. The Kier molecular flexibility index (Phi) is 5.01. The van der Waals surface area contributed by atoms with Crippen molar-refractivity contribution in [1.82, 2.24) is 13.9 Å². The molecule has 0 atom stereocenters. The Morgan fingerprint density at radius 1 is 1.23 bits per heavy atom. The predicted molar refractivity (Wildman–Crippen MR) is 103 cm³/mol. The number of hydrogen-bond donors (Lipinski definition) is 2. The number of rotatable bonds is 5. The van der Waals surface area contributed by atoms with Crippen LogP contribution in [0.25, 0.3) is 9.65 Å². The zero-order valence-electron chi connectivity index (χ0n) is 15.6. The molecule has 0 saturated heterocycles. The minimum absolute atomic E-state index is 0.0229. The van der Waals surface area contributed by atoms with E-state index < -0.39 is 11.1 Å². The first-order valence-corrected chi connectivity index (χ1v) is 10.4. The van der Waals surface area contributed by atoms with Crippen LogP contribution in [-0.4, -0.2) is 52.1 Å². The Morgan fingerprint density at radius 3 is 2.54 bits per heavy atom. The second-order valence-electron chi connectivity index (χ2n) is 7.69. The van der Waals surface area contributed by atoms with Crippen LogP contribution in [0.5, 0.6) is 0 Å². The monoisotopic (exact) mass is 423 g/mol. The molecule has 1 aromatic heterocycles. The molecule has 0 saturated carbocycles. The van der Waals surface area contributed by atoms with Crippen molar-refractivity contribution in [2.75, 3.05) is 6.54 Å². The van der Waals surface area contributed by atoms with E-state index in [0.29, 0.717) is 25.1 Å². The van der Waals surface area contributed by atoms with E-state index in [1.54, 1.807) is 0 Å². The molecule has 0 unspecified atom stereocenters. The molecule has 26 heavy (non-hydrogen) atoms. The Balaban J connectivity index is 1.59. The molecule has 1 amide bonds. The maximum atomic E-state index is 12.5. The first kappa shape index (κ1) is 19.1. The summed E-state index contributed by atoms with van der Waals surface area (Å²) < 4.78 is 3.00. The normalized spacial score (nSPS) is 18.9. The van der Waals surface area contributed by atoms with Crippen molar-refractivity contribution in [2.24, 2.45) is 0 Å². The first-order chi connectivity index (χ1) is 12.1. The van der Waals surface area contributed by atoms with E-state index in [1.807, 2.05) is 61.6 Å². The molecule has 0 fully saturated rings. The molecule has 0 radical (unpaired) electrons. The number of nitrogens with zero attached hydrogens (tertiary/aromatic N) is 2. The summed E-state index contributed by atoms with van der Waals surface area (Å²) in [4.78, 5) is 24.9. The topological polar surface area (TPSA) is 74.6 Å². The molecule has 1 aromatic carbocycles. The number of fused-ring (bicyclic) bond motifs is 1. The standard InChI is InChI=1S/C19H25N3O3Se/c1-18(2)12-14(19(3,4)22(18)25)16(23)20-10-7-11-21-17(24)13-8-5-6-9-15(13)26-21/h5-6,8-9,12,25H,7,10-11H2,1-4H3,(H,20,23). The van der Waals surface area contributed by atoms with Crippen LogP contribution in [0.4, 0.5) is 0 Å². The molecule has 0 aliphatic carbocycles. The maximum absolute atomic E-state index is 12.5. The van der Waals surface area contributed by atoms with Gasteiger partial charge in [0, 0.05) is 0 Å². The molecule has 1 aliphatic rings. The van der Waals surface area contributed by atoms with Crippen LogP contribution < -0.4 is 10.9 Å². The van der Waals surface area contributed by atoms with Crippen LogP contribution in [0.2, 0.25) is 0 Å². The third-order valence-corrected chi connectivity index (χ3v) is 7.21. The Bertz CT molecular complexity index is 923. The number of hydroxylamine groups is 2. The molecule has 2 heterocycles. The van der Waals surface area contributed by atoms with Crippen LogP contribution in [0.1, 0.15) is 34.1 Å². The number of nitrogens with one attached hydrogen (secondary N) is 1. The van der Waals surface area contributed by atoms with E-state index in [9.17, 15) is 14.8 Å². The van der Waals surface area contributed by atoms with Gasteiger partial charge in [-0.05, 0) is 0 Å². The first-order valence-electron chi connectivity index (χ1n) is 8.74. The zero-order valence-corrected chi connectivity index (χ0v) is 17.3. The fraction of sp³-hybridized carbons (Fsp3) is 0.474. The number of amides is 1. The van der Waals surface area contributed by atoms with Crippen molar-refractivity contribution in [3.05, 3.63) is 46.3 Å². The molecule has 1 aliphatic heterocycles. The molecule has 6 nitrogen and oxygen atoms in total. The Hall–Kier alpha value is -1.66. The van der Waals surface area contributed by atoms with E-state index in [0.717, 1.165) is 9.65 Å². The third-order valence-electron chi connectivity index (χ3n) is 4.85. The Morgan fingerprint density at radius 2 is 1.92 bits per heavy atom. The fourth-order valence-electron chi connectivity index (χ4n) is 3.45. The fourth-order valence-corrected chi connectivity index (χ4v) is 5.62. The van der Waals surface area contributed by atoms with Gasteiger partial charge in [-0.1, -0.05) is 0 Å². The van der Waals surface area contributed by atoms with Crippen molar-refractivity contribution < 1.29 is 10.0 Å². The van der Waals surface area contributed by atoms with E-state index >= 15 is 0 Å². The van der Waals surface area contributed by atoms with Crippen LogP contribution in [-0.2, 0) is 11.3 Å². The summed E-state index contributed by atoms with van der Waals surface area (Å²) in [6.45, 7) is 8.52. The summed E-state index contributed by atoms with van der Waals surface area (Å²) in [5.74, 6) is -0.166. The number of aryl methyl sites for hydroxylation is 1. The van der Waals surface area contributed by atoms with Crippen LogP contribution in [0, 0.1) is 0 Å². The average molecular weight is 422 g/mol. The van der Waals surface area contributed by atoms with Crippen LogP contribution >= 0.6 is 0 Å². The van der Waals surface area contributed by atoms with Crippen molar-refractivity contribution in [3.63, 3.8) is 0 Å². The van der Waals surface area contributed by atoms with Crippen LogP contribution in [0.3, 0.4) is 0 Å². The number of aromatic nitrogens is 1. The summed E-state index contributed by atoms with van der Waals surface area (Å²) in [6.07, 6.45) is 2.51. The summed E-state index contributed by atoms with van der Waals surface area (Å²) in [7, 11) is 0. The van der Waals surface area contributed by atoms with Crippen LogP contribution in [0.15, 0.2) is 40.7 Å². The van der Waals surface area contributed by atoms with Gasteiger partial charge < -0.3 is 0 Å². The number of carbonyl (C=O) groups is 1. The summed E-state index contributed by atoms with van der Waals surface area (Å²) in [5.41, 5.74) is -0.654. The average Bonchev–Trinajstić information content (AvgIpc) is 2.99. The molecule has 7 heteroatoms. The molecular formula is C19H25N3O3Se. The van der Waals surface area contributed by atoms with Gasteiger partial charge in [0.15, 0.2) is 0 Å². The van der Waals surface area contributed by atoms with Gasteiger partial charge in [0.1, 0.15) is 0 Å². The number of hydrogen-bond acceptors (Lipinski definition) is 4. The predicted octanol–water partition coefficient (Wildman–Crippen LogP) is 1.75. The third kappa shape index (κ3) is 3.32. The van der Waals surface area contributed by atoms with Gasteiger partial charge in [-0.3, -0.25) is 0 Å². The number of carbonyl (C=O) groups excluding carboxylic acids is 1. The van der Waals surface area contributed by atoms with Crippen molar-refractivity contribution >= 4 is 30.3 Å². The molecule has 0 bridgehead atoms. The molecule has 3 rings (SSSR count). The molecular weight excluding hydrogens is 397 g/mol. The van der Waals surface area contributed by atoms with Gasteiger partial charge in [-0.15, -0.1) is 0 Å². The summed E-state index contributed by atoms with van der Waals surface area (Å²) in [5, 5.41) is 15.2. The van der Waals surface area contributed by atoms with E-state index in [2.05, 4.69) is 5.32 Å².